The van der Waals surface area contributed by atoms with Crippen molar-refractivity contribution in [2.24, 2.45) is 0 Å². The van der Waals surface area contributed by atoms with Gasteiger partial charge in [0.25, 0.3) is 0 Å². The quantitative estimate of drug-likeness (QED) is 0.760. The van der Waals surface area contributed by atoms with Crippen LogP contribution in [0.4, 0.5) is 0 Å². The maximum Gasteiger partial charge on any atom is 0.220 e. The number of benzene rings is 1. The van der Waals surface area contributed by atoms with Crippen molar-refractivity contribution in [2.45, 2.75) is 51.5 Å². The molecule has 0 saturated carbocycles. The third kappa shape index (κ3) is 6.96. The Bertz CT molecular complexity index is 427. The van der Waals surface area contributed by atoms with Crippen LogP contribution in [0, 0.1) is 0 Å². The highest BCUT2D eigenvalue weighted by atomic mass is 32.2. The van der Waals surface area contributed by atoms with E-state index in [0.29, 0.717) is 13.0 Å². The first-order valence-corrected chi connectivity index (χ1v) is 7.99. The fourth-order valence-corrected chi connectivity index (χ4v) is 2.68. The summed E-state index contributed by atoms with van der Waals surface area (Å²) < 4.78 is 0.260. The molecule has 3 nitrogen and oxygen atoms in total. The Labute approximate surface area is 126 Å². The van der Waals surface area contributed by atoms with E-state index in [2.05, 4.69) is 26.1 Å². The molecule has 20 heavy (non-hydrogen) atoms. The van der Waals surface area contributed by atoms with Crippen LogP contribution in [-0.2, 0) is 17.9 Å². The lowest BCUT2D eigenvalue weighted by Gasteiger charge is -2.17. The molecule has 0 radical (unpaired) electrons. The van der Waals surface area contributed by atoms with Crippen LogP contribution >= 0.6 is 11.8 Å². The van der Waals surface area contributed by atoms with E-state index in [0.717, 1.165) is 23.3 Å². The molecule has 0 heterocycles. The number of carbonyl (C=O) groups excluding carboxylic acids is 1. The average molecular weight is 295 g/mol. The smallest absolute Gasteiger partial charge is 0.220 e. The number of hydrogen-bond acceptors (Lipinski definition) is 3. The van der Waals surface area contributed by atoms with E-state index in [9.17, 15) is 9.90 Å². The van der Waals surface area contributed by atoms with Crippen molar-refractivity contribution < 1.29 is 9.90 Å². The van der Waals surface area contributed by atoms with Crippen molar-refractivity contribution in [3.8, 4) is 0 Å². The minimum absolute atomic E-state index is 0.00820. The predicted octanol–water partition coefficient (Wildman–Crippen LogP) is 3.11. The van der Waals surface area contributed by atoms with Crippen molar-refractivity contribution in [3.63, 3.8) is 0 Å². The standard InChI is InChI=1S/C16H25NO2S/c1-16(2,3)20-10-6-9-15(19)17-11-13-7-4-5-8-14(13)12-18/h4-5,7-8,18H,6,9-12H2,1-3H3,(H,17,19). The third-order valence-corrected chi connectivity index (χ3v) is 4.21. The van der Waals surface area contributed by atoms with Gasteiger partial charge in [0.15, 0.2) is 0 Å². The Hall–Kier alpha value is -1.00. The number of carbonyl (C=O) groups is 1. The minimum Gasteiger partial charge on any atom is -0.392 e. The summed E-state index contributed by atoms with van der Waals surface area (Å²) in [5.74, 6) is 1.08. The van der Waals surface area contributed by atoms with E-state index < -0.39 is 0 Å². The highest BCUT2D eigenvalue weighted by molar-refractivity contribution is 8.00. The largest absolute Gasteiger partial charge is 0.392 e. The molecule has 2 N–H and O–H groups in total. The van der Waals surface area contributed by atoms with Gasteiger partial charge in [0.2, 0.25) is 5.91 Å². The SMILES string of the molecule is CC(C)(C)SCCCC(=O)NCc1ccccc1CO. The maximum absolute atomic E-state index is 11.8. The lowest BCUT2D eigenvalue weighted by Crippen LogP contribution is -2.23. The second-order valence-electron chi connectivity index (χ2n) is 5.77. The Balaban J connectivity index is 2.26. The molecular weight excluding hydrogens is 270 g/mol. The molecule has 0 bridgehead atoms. The molecule has 0 aliphatic heterocycles. The summed E-state index contributed by atoms with van der Waals surface area (Å²) in [4.78, 5) is 11.8. The van der Waals surface area contributed by atoms with Crippen LogP contribution in [0.15, 0.2) is 24.3 Å². The van der Waals surface area contributed by atoms with Gasteiger partial charge in [-0.05, 0) is 23.3 Å². The number of hydrogen-bond donors (Lipinski definition) is 2. The molecule has 0 aliphatic carbocycles. The number of aliphatic hydroxyl groups is 1. The topological polar surface area (TPSA) is 49.3 Å². The number of aliphatic hydroxyl groups excluding tert-OH is 1. The molecule has 4 heteroatoms. The monoisotopic (exact) mass is 295 g/mol. The van der Waals surface area contributed by atoms with Gasteiger partial charge in [-0.1, -0.05) is 45.0 Å². The zero-order chi connectivity index (χ0) is 15.0. The number of rotatable bonds is 7. The van der Waals surface area contributed by atoms with Gasteiger partial charge >= 0.3 is 0 Å². The van der Waals surface area contributed by atoms with Gasteiger partial charge in [-0.25, -0.2) is 0 Å². The first-order valence-electron chi connectivity index (χ1n) is 7.00. The fourth-order valence-electron chi connectivity index (χ4n) is 1.78. The normalized spacial score (nSPS) is 11.4. The molecule has 0 spiro atoms. The Kier molecular flexibility index (Phi) is 7.10. The molecule has 112 valence electrons. The van der Waals surface area contributed by atoms with E-state index in [1.165, 1.54) is 0 Å². The first kappa shape index (κ1) is 17.1. The molecule has 0 aliphatic rings. The molecule has 1 aromatic carbocycles. The van der Waals surface area contributed by atoms with E-state index in [1.807, 2.05) is 36.0 Å². The maximum atomic E-state index is 11.8. The van der Waals surface area contributed by atoms with Crippen molar-refractivity contribution in [1.29, 1.82) is 0 Å². The van der Waals surface area contributed by atoms with Crippen LogP contribution in [-0.4, -0.2) is 21.5 Å². The van der Waals surface area contributed by atoms with E-state index in [1.54, 1.807) is 0 Å². The minimum atomic E-state index is 0.00820. The molecule has 0 fully saturated rings. The zero-order valence-corrected chi connectivity index (χ0v) is 13.4. The van der Waals surface area contributed by atoms with E-state index in [4.69, 9.17) is 0 Å². The van der Waals surface area contributed by atoms with Crippen molar-refractivity contribution in [2.75, 3.05) is 5.75 Å². The molecule has 1 amide bonds. The second-order valence-corrected chi connectivity index (χ2v) is 7.69. The fraction of sp³-hybridized carbons (Fsp3) is 0.562. The summed E-state index contributed by atoms with van der Waals surface area (Å²) in [6.45, 7) is 7.05. The highest BCUT2D eigenvalue weighted by Gasteiger charge is 2.10. The highest BCUT2D eigenvalue weighted by Crippen LogP contribution is 2.23. The van der Waals surface area contributed by atoms with Gasteiger partial charge in [-0.15, -0.1) is 0 Å². The van der Waals surface area contributed by atoms with Crippen molar-refractivity contribution in [1.82, 2.24) is 5.32 Å². The van der Waals surface area contributed by atoms with E-state index >= 15 is 0 Å². The van der Waals surface area contributed by atoms with Crippen LogP contribution in [0.5, 0.6) is 0 Å². The first-order chi connectivity index (χ1) is 9.42. The predicted molar refractivity (Wildman–Crippen MR) is 85.7 cm³/mol. The summed E-state index contributed by atoms with van der Waals surface area (Å²) in [6, 6.07) is 7.62. The Morgan fingerprint density at radius 3 is 2.50 bits per heavy atom. The molecular formula is C16H25NO2S. The molecule has 0 atom stereocenters. The van der Waals surface area contributed by atoms with Gasteiger partial charge in [0, 0.05) is 17.7 Å². The van der Waals surface area contributed by atoms with E-state index in [-0.39, 0.29) is 17.3 Å². The van der Waals surface area contributed by atoms with Gasteiger partial charge < -0.3 is 10.4 Å². The lowest BCUT2D eigenvalue weighted by atomic mass is 10.1. The molecule has 0 unspecified atom stereocenters. The van der Waals surface area contributed by atoms with Crippen molar-refractivity contribution >= 4 is 17.7 Å². The summed E-state index contributed by atoms with van der Waals surface area (Å²) in [5.41, 5.74) is 1.85. The Morgan fingerprint density at radius 2 is 1.90 bits per heavy atom. The lowest BCUT2D eigenvalue weighted by molar-refractivity contribution is -0.121. The number of nitrogens with one attached hydrogen (secondary N) is 1. The average Bonchev–Trinajstić information content (AvgIpc) is 2.40. The Morgan fingerprint density at radius 1 is 1.25 bits per heavy atom. The second kappa shape index (κ2) is 8.32. The molecule has 0 aromatic heterocycles. The summed E-state index contributed by atoms with van der Waals surface area (Å²) >= 11 is 1.88. The van der Waals surface area contributed by atoms with Gasteiger partial charge in [-0.3, -0.25) is 4.79 Å². The van der Waals surface area contributed by atoms with Crippen LogP contribution in [0.1, 0.15) is 44.7 Å². The molecule has 1 aromatic rings. The summed E-state index contributed by atoms with van der Waals surface area (Å²) in [6.07, 6.45) is 1.46. The van der Waals surface area contributed by atoms with Gasteiger partial charge in [-0.2, -0.15) is 11.8 Å². The van der Waals surface area contributed by atoms with Crippen LogP contribution in [0.3, 0.4) is 0 Å². The number of amides is 1. The molecule has 0 saturated heterocycles. The zero-order valence-electron chi connectivity index (χ0n) is 12.6. The van der Waals surface area contributed by atoms with Gasteiger partial charge in [0.05, 0.1) is 6.61 Å². The van der Waals surface area contributed by atoms with Crippen LogP contribution in [0.25, 0.3) is 0 Å². The third-order valence-electron chi connectivity index (χ3n) is 2.85. The number of thioether (sulfide) groups is 1. The molecule has 1 rings (SSSR count). The van der Waals surface area contributed by atoms with Crippen LogP contribution < -0.4 is 5.32 Å². The van der Waals surface area contributed by atoms with Crippen LogP contribution in [0.2, 0.25) is 0 Å². The van der Waals surface area contributed by atoms with Gasteiger partial charge in [0.1, 0.15) is 0 Å². The summed E-state index contributed by atoms with van der Waals surface area (Å²) in [5, 5.41) is 12.1. The summed E-state index contributed by atoms with van der Waals surface area (Å²) in [7, 11) is 0. The van der Waals surface area contributed by atoms with Crippen molar-refractivity contribution in [3.05, 3.63) is 35.4 Å².